The van der Waals surface area contributed by atoms with Crippen molar-refractivity contribution in [1.82, 2.24) is 10.8 Å². The van der Waals surface area contributed by atoms with Crippen LogP contribution in [0.1, 0.15) is 24.0 Å². The van der Waals surface area contributed by atoms with Crippen LogP contribution in [0.2, 0.25) is 0 Å². The lowest BCUT2D eigenvalue weighted by Crippen LogP contribution is -2.36. The third kappa shape index (κ3) is 2.40. The highest BCUT2D eigenvalue weighted by Gasteiger charge is 2.28. The van der Waals surface area contributed by atoms with Crippen molar-refractivity contribution in [3.63, 3.8) is 0 Å². The van der Waals surface area contributed by atoms with Crippen LogP contribution in [-0.4, -0.2) is 25.2 Å². The van der Waals surface area contributed by atoms with Crippen LogP contribution in [0.25, 0.3) is 0 Å². The van der Waals surface area contributed by atoms with Gasteiger partial charge in [0.25, 0.3) is 0 Å². The third-order valence-corrected chi connectivity index (χ3v) is 3.56. The summed E-state index contributed by atoms with van der Waals surface area (Å²) in [5.74, 6) is 1.34. The van der Waals surface area contributed by atoms with Crippen LogP contribution in [0.5, 0.6) is 0 Å². The number of hydrogen-bond donors (Lipinski definition) is 2. The highest BCUT2D eigenvalue weighted by molar-refractivity contribution is 5.98. The van der Waals surface area contributed by atoms with E-state index in [0.29, 0.717) is 5.92 Å². The molecule has 2 unspecified atom stereocenters. The Morgan fingerprint density at radius 1 is 1.39 bits per heavy atom. The zero-order valence-electron chi connectivity index (χ0n) is 10.6. The van der Waals surface area contributed by atoms with Gasteiger partial charge in [-0.1, -0.05) is 23.8 Å². The fourth-order valence-corrected chi connectivity index (χ4v) is 2.55. The van der Waals surface area contributed by atoms with Crippen molar-refractivity contribution < 1.29 is 4.84 Å². The molecule has 4 heteroatoms. The minimum Gasteiger partial charge on any atom is -0.316 e. The standard InChI is InChI=1S/C14H19N3O/c1-10-4-2-5-11(8-10)13-16-14(18-17-13)12-6-3-7-15-9-12/h2,4-5,8,12,14-15H,3,6-7,9H2,1H3,(H,16,17). The first-order valence-corrected chi connectivity index (χ1v) is 6.60. The Bertz CT molecular complexity index is 452. The van der Waals surface area contributed by atoms with Crippen LogP contribution in [-0.2, 0) is 4.84 Å². The number of benzene rings is 1. The zero-order valence-corrected chi connectivity index (χ0v) is 10.6. The molecule has 2 aliphatic rings. The fraction of sp³-hybridized carbons (Fsp3) is 0.500. The highest BCUT2D eigenvalue weighted by Crippen LogP contribution is 2.21. The molecule has 0 aromatic heterocycles. The summed E-state index contributed by atoms with van der Waals surface area (Å²) in [4.78, 5) is 10.3. The number of nitrogens with zero attached hydrogens (tertiary/aromatic N) is 1. The Kier molecular flexibility index (Phi) is 3.30. The number of rotatable bonds is 2. The maximum absolute atomic E-state index is 5.61. The maximum atomic E-state index is 5.61. The average Bonchev–Trinajstić information content (AvgIpc) is 2.89. The average molecular weight is 245 g/mol. The number of amidine groups is 1. The molecule has 3 rings (SSSR count). The summed E-state index contributed by atoms with van der Waals surface area (Å²) >= 11 is 0. The van der Waals surface area contributed by atoms with Gasteiger partial charge in [0.15, 0.2) is 12.1 Å². The van der Waals surface area contributed by atoms with E-state index in [1.54, 1.807) is 0 Å². The van der Waals surface area contributed by atoms with Gasteiger partial charge < -0.3 is 5.32 Å². The van der Waals surface area contributed by atoms with E-state index in [1.807, 2.05) is 6.07 Å². The van der Waals surface area contributed by atoms with E-state index in [0.717, 1.165) is 24.5 Å². The lowest BCUT2D eigenvalue weighted by Gasteiger charge is -2.24. The Morgan fingerprint density at radius 3 is 3.11 bits per heavy atom. The van der Waals surface area contributed by atoms with E-state index in [4.69, 9.17) is 4.84 Å². The molecular weight excluding hydrogens is 226 g/mol. The summed E-state index contributed by atoms with van der Waals surface area (Å²) in [6, 6.07) is 8.31. The first kappa shape index (κ1) is 11.7. The second-order valence-corrected chi connectivity index (χ2v) is 5.06. The SMILES string of the molecule is Cc1cccc(C2=NC(C3CCCNC3)ON2)c1. The van der Waals surface area contributed by atoms with Crippen molar-refractivity contribution >= 4 is 5.84 Å². The zero-order chi connectivity index (χ0) is 12.4. The number of aryl methyl sites for hydroxylation is 1. The summed E-state index contributed by atoms with van der Waals surface area (Å²) in [7, 11) is 0. The maximum Gasteiger partial charge on any atom is 0.181 e. The fourth-order valence-electron chi connectivity index (χ4n) is 2.55. The van der Waals surface area contributed by atoms with E-state index in [1.165, 1.54) is 18.4 Å². The predicted molar refractivity (Wildman–Crippen MR) is 71.3 cm³/mol. The van der Waals surface area contributed by atoms with Gasteiger partial charge in [-0.2, -0.15) is 0 Å². The van der Waals surface area contributed by atoms with Crippen LogP contribution >= 0.6 is 0 Å². The normalized spacial score (nSPS) is 27.7. The molecule has 2 heterocycles. The first-order valence-electron chi connectivity index (χ1n) is 6.60. The Morgan fingerprint density at radius 2 is 2.33 bits per heavy atom. The third-order valence-electron chi connectivity index (χ3n) is 3.56. The highest BCUT2D eigenvalue weighted by atomic mass is 16.7. The molecule has 1 fully saturated rings. The van der Waals surface area contributed by atoms with Crippen molar-refractivity contribution in [2.24, 2.45) is 10.9 Å². The molecule has 0 saturated carbocycles. The number of hydroxylamine groups is 1. The van der Waals surface area contributed by atoms with Gasteiger partial charge >= 0.3 is 0 Å². The van der Waals surface area contributed by atoms with E-state index in [9.17, 15) is 0 Å². The van der Waals surface area contributed by atoms with E-state index in [-0.39, 0.29) is 6.23 Å². The number of nitrogens with one attached hydrogen (secondary N) is 2. The molecule has 2 aliphatic heterocycles. The van der Waals surface area contributed by atoms with Gasteiger partial charge in [0.2, 0.25) is 0 Å². The predicted octanol–water partition coefficient (Wildman–Crippen LogP) is 1.60. The number of aliphatic imine (C=N–C) groups is 1. The van der Waals surface area contributed by atoms with Crippen LogP contribution in [0.4, 0.5) is 0 Å². The monoisotopic (exact) mass is 245 g/mol. The number of piperidine rings is 1. The van der Waals surface area contributed by atoms with Gasteiger partial charge in [-0.15, -0.1) is 0 Å². The Balaban J connectivity index is 1.74. The van der Waals surface area contributed by atoms with Gasteiger partial charge in [-0.3, -0.25) is 0 Å². The Hall–Kier alpha value is -1.39. The van der Waals surface area contributed by atoms with Gasteiger partial charge in [0.05, 0.1) is 0 Å². The molecule has 0 radical (unpaired) electrons. The smallest absolute Gasteiger partial charge is 0.181 e. The van der Waals surface area contributed by atoms with Crippen molar-refractivity contribution in [1.29, 1.82) is 0 Å². The van der Waals surface area contributed by atoms with Crippen LogP contribution in [0, 0.1) is 12.8 Å². The molecule has 0 bridgehead atoms. The molecule has 2 atom stereocenters. The first-order chi connectivity index (χ1) is 8.83. The molecule has 2 N–H and O–H groups in total. The van der Waals surface area contributed by atoms with Crippen molar-refractivity contribution in [3.8, 4) is 0 Å². The molecule has 0 amide bonds. The molecule has 1 aromatic carbocycles. The van der Waals surface area contributed by atoms with Gasteiger partial charge in [-0.05, 0) is 32.4 Å². The molecule has 0 spiro atoms. The molecule has 96 valence electrons. The molecule has 4 nitrogen and oxygen atoms in total. The topological polar surface area (TPSA) is 45.7 Å². The van der Waals surface area contributed by atoms with Crippen molar-refractivity contribution in [2.45, 2.75) is 26.0 Å². The summed E-state index contributed by atoms with van der Waals surface area (Å²) in [5.41, 5.74) is 5.30. The van der Waals surface area contributed by atoms with Crippen LogP contribution < -0.4 is 10.8 Å². The minimum absolute atomic E-state index is 0.0479. The quantitative estimate of drug-likeness (QED) is 0.832. The van der Waals surface area contributed by atoms with Gasteiger partial charge in [-0.25, -0.2) is 15.3 Å². The van der Waals surface area contributed by atoms with E-state index in [2.05, 4.69) is 40.9 Å². The van der Waals surface area contributed by atoms with Crippen molar-refractivity contribution in [3.05, 3.63) is 35.4 Å². The molecule has 0 aliphatic carbocycles. The minimum atomic E-state index is -0.0479. The summed E-state index contributed by atoms with van der Waals surface area (Å²) in [6.07, 6.45) is 2.34. The van der Waals surface area contributed by atoms with E-state index >= 15 is 0 Å². The second kappa shape index (κ2) is 5.08. The molecule has 1 aromatic rings. The van der Waals surface area contributed by atoms with E-state index < -0.39 is 0 Å². The molecule has 18 heavy (non-hydrogen) atoms. The second-order valence-electron chi connectivity index (χ2n) is 5.06. The van der Waals surface area contributed by atoms with Crippen LogP contribution in [0.15, 0.2) is 29.3 Å². The largest absolute Gasteiger partial charge is 0.316 e. The summed E-state index contributed by atoms with van der Waals surface area (Å²) in [6.45, 7) is 4.20. The Labute approximate surface area is 107 Å². The molecule has 1 saturated heterocycles. The molecular formula is C14H19N3O. The van der Waals surface area contributed by atoms with Gasteiger partial charge in [0, 0.05) is 18.0 Å². The summed E-state index contributed by atoms with van der Waals surface area (Å²) < 4.78 is 0. The van der Waals surface area contributed by atoms with Gasteiger partial charge in [0.1, 0.15) is 0 Å². The lowest BCUT2D eigenvalue weighted by atomic mass is 9.98. The van der Waals surface area contributed by atoms with Crippen molar-refractivity contribution in [2.75, 3.05) is 13.1 Å². The number of hydrogen-bond acceptors (Lipinski definition) is 4. The van der Waals surface area contributed by atoms with Crippen LogP contribution in [0.3, 0.4) is 0 Å². The summed E-state index contributed by atoms with van der Waals surface area (Å²) in [5, 5.41) is 3.40. The lowest BCUT2D eigenvalue weighted by molar-refractivity contribution is -0.00517.